The summed E-state index contributed by atoms with van der Waals surface area (Å²) in [5, 5.41) is 3.91. The van der Waals surface area contributed by atoms with Gasteiger partial charge in [0.25, 0.3) is 0 Å². The monoisotopic (exact) mass is 353 g/mol. The molecule has 2 aromatic rings. The van der Waals surface area contributed by atoms with Gasteiger partial charge in [0.15, 0.2) is 0 Å². The van der Waals surface area contributed by atoms with Crippen molar-refractivity contribution < 1.29 is 22.8 Å². The number of benzene rings is 1. The standard InChI is InChI=1S/C17H21F2N3O3/c1-2-22(9-12-7-8-23-11-12)10-15-20-16(21-25-15)13-5-3-4-6-14(13)24-17(18)19/h3-6,12,17H,2,7-11H2,1H3. The second kappa shape index (κ2) is 8.35. The Morgan fingerprint density at radius 1 is 1.36 bits per heavy atom. The van der Waals surface area contributed by atoms with E-state index in [1.165, 1.54) is 6.07 Å². The number of hydrogen-bond donors (Lipinski definition) is 0. The molecule has 1 saturated heterocycles. The predicted molar refractivity (Wildman–Crippen MR) is 86.2 cm³/mol. The molecule has 1 aliphatic rings. The summed E-state index contributed by atoms with van der Waals surface area (Å²) in [6, 6.07) is 6.41. The molecule has 0 spiro atoms. The van der Waals surface area contributed by atoms with Gasteiger partial charge in [0, 0.05) is 13.2 Å². The number of alkyl halides is 2. The Bertz CT molecular complexity index is 675. The Labute approximate surface area is 144 Å². The Balaban J connectivity index is 1.69. The van der Waals surface area contributed by atoms with Gasteiger partial charge in [0.05, 0.1) is 18.7 Å². The third-order valence-electron chi connectivity index (χ3n) is 4.16. The van der Waals surface area contributed by atoms with Crippen LogP contribution in [0.3, 0.4) is 0 Å². The Hall–Kier alpha value is -2.06. The van der Waals surface area contributed by atoms with Gasteiger partial charge in [-0.2, -0.15) is 13.8 Å². The number of halogens is 2. The summed E-state index contributed by atoms with van der Waals surface area (Å²) < 4.78 is 40.3. The van der Waals surface area contributed by atoms with E-state index in [9.17, 15) is 8.78 Å². The summed E-state index contributed by atoms with van der Waals surface area (Å²) in [6.45, 7) is 3.02. The lowest BCUT2D eigenvalue weighted by Crippen LogP contribution is -2.29. The minimum atomic E-state index is -2.91. The number of rotatable bonds is 8. The zero-order valence-electron chi connectivity index (χ0n) is 14.0. The van der Waals surface area contributed by atoms with Crippen LogP contribution in [0.15, 0.2) is 28.8 Å². The summed E-state index contributed by atoms with van der Waals surface area (Å²) in [5.41, 5.74) is 0.380. The number of aromatic nitrogens is 2. The van der Waals surface area contributed by atoms with Crippen molar-refractivity contribution in [1.82, 2.24) is 15.0 Å². The largest absolute Gasteiger partial charge is 0.434 e. The maximum Gasteiger partial charge on any atom is 0.387 e. The van der Waals surface area contributed by atoms with Gasteiger partial charge in [-0.15, -0.1) is 0 Å². The van der Waals surface area contributed by atoms with E-state index < -0.39 is 6.61 Å². The molecule has 0 aliphatic carbocycles. The summed E-state index contributed by atoms with van der Waals surface area (Å²) in [6.07, 6.45) is 1.06. The Kier molecular flexibility index (Phi) is 5.93. The maximum atomic E-state index is 12.5. The topological polar surface area (TPSA) is 60.6 Å². The smallest absolute Gasteiger partial charge is 0.387 e. The van der Waals surface area contributed by atoms with Crippen LogP contribution in [-0.2, 0) is 11.3 Å². The SMILES string of the molecule is CCN(Cc1nc(-c2ccccc2OC(F)F)no1)CC1CCOC1. The molecule has 2 heterocycles. The van der Waals surface area contributed by atoms with Crippen LogP contribution in [0.1, 0.15) is 19.2 Å². The van der Waals surface area contributed by atoms with E-state index in [2.05, 4.69) is 26.7 Å². The van der Waals surface area contributed by atoms with Gasteiger partial charge in [-0.05, 0) is 31.0 Å². The minimum absolute atomic E-state index is 0.0281. The van der Waals surface area contributed by atoms with Crippen molar-refractivity contribution in [3.63, 3.8) is 0 Å². The molecule has 1 unspecified atom stereocenters. The molecule has 1 aliphatic heterocycles. The lowest BCUT2D eigenvalue weighted by molar-refractivity contribution is -0.0494. The zero-order valence-corrected chi connectivity index (χ0v) is 14.0. The first-order chi connectivity index (χ1) is 12.2. The summed E-state index contributed by atoms with van der Waals surface area (Å²) in [7, 11) is 0. The van der Waals surface area contributed by atoms with E-state index in [1.807, 2.05) is 0 Å². The lowest BCUT2D eigenvalue weighted by atomic mass is 10.1. The van der Waals surface area contributed by atoms with Crippen LogP contribution in [-0.4, -0.2) is 48.0 Å². The zero-order chi connectivity index (χ0) is 17.6. The van der Waals surface area contributed by atoms with Crippen LogP contribution in [0.5, 0.6) is 5.75 Å². The highest BCUT2D eigenvalue weighted by Gasteiger charge is 2.21. The van der Waals surface area contributed by atoms with Crippen molar-refractivity contribution in [3.8, 4) is 17.1 Å². The van der Waals surface area contributed by atoms with Crippen LogP contribution in [0.25, 0.3) is 11.4 Å². The van der Waals surface area contributed by atoms with E-state index in [4.69, 9.17) is 9.26 Å². The molecule has 0 amide bonds. The highest BCUT2D eigenvalue weighted by atomic mass is 19.3. The first kappa shape index (κ1) is 17.8. The molecule has 0 saturated carbocycles. The normalized spacial score (nSPS) is 17.6. The molecule has 1 atom stereocenters. The molecular weight excluding hydrogens is 332 g/mol. The number of nitrogens with zero attached hydrogens (tertiary/aromatic N) is 3. The fraction of sp³-hybridized carbons (Fsp3) is 0.529. The van der Waals surface area contributed by atoms with E-state index in [-0.39, 0.29) is 11.6 Å². The van der Waals surface area contributed by atoms with Crippen molar-refractivity contribution in [2.75, 3.05) is 26.3 Å². The third-order valence-corrected chi connectivity index (χ3v) is 4.16. The van der Waals surface area contributed by atoms with E-state index >= 15 is 0 Å². The van der Waals surface area contributed by atoms with Crippen LogP contribution in [0.2, 0.25) is 0 Å². The van der Waals surface area contributed by atoms with Crippen LogP contribution < -0.4 is 4.74 Å². The van der Waals surface area contributed by atoms with Gasteiger partial charge < -0.3 is 14.0 Å². The van der Waals surface area contributed by atoms with Crippen molar-refractivity contribution in [2.45, 2.75) is 26.5 Å². The van der Waals surface area contributed by atoms with Crippen molar-refractivity contribution in [1.29, 1.82) is 0 Å². The molecule has 136 valence electrons. The van der Waals surface area contributed by atoms with Gasteiger partial charge in [-0.3, -0.25) is 4.90 Å². The second-order valence-corrected chi connectivity index (χ2v) is 5.94. The summed E-state index contributed by atoms with van der Waals surface area (Å²) in [5.74, 6) is 1.23. The van der Waals surface area contributed by atoms with Gasteiger partial charge in [0.1, 0.15) is 5.75 Å². The molecular formula is C17H21F2N3O3. The van der Waals surface area contributed by atoms with Crippen LogP contribution >= 0.6 is 0 Å². The summed E-state index contributed by atoms with van der Waals surface area (Å²) in [4.78, 5) is 6.54. The number of para-hydroxylation sites is 1. The number of ether oxygens (including phenoxy) is 2. The van der Waals surface area contributed by atoms with Gasteiger partial charge >= 0.3 is 6.61 Å². The Morgan fingerprint density at radius 3 is 2.92 bits per heavy atom. The van der Waals surface area contributed by atoms with Crippen molar-refractivity contribution >= 4 is 0 Å². The highest BCUT2D eigenvalue weighted by molar-refractivity contribution is 5.63. The molecule has 0 radical (unpaired) electrons. The second-order valence-electron chi connectivity index (χ2n) is 5.94. The van der Waals surface area contributed by atoms with Gasteiger partial charge in [-0.25, -0.2) is 0 Å². The van der Waals surface area contributed by atoms with Crippen molar-refractivity contribution in [2.24, 2.45) is 5.92 Å². The van der Waals surface area contributed by atoms with Gasteiger partial charge in [-0.1, -0.05) is 24.2 Å². The third kappa shape index (κ3) is 4.73. The molecule has 1 aromatic heterocycles. The average molecular weight is 353 g/mol. The average Bonchev–Trinajstić information content (AvgIpc) is 3.26. The minimum Gasteiger partial charge on any atom is -0.434 e. The molecule has 25 heavy (non-hydrogen) atoms. The van der Waals surface area contributed by atoms with E-state index in [0.29, 0.717) is 23.9 Å². The lowest BCUT2D eigenvalue weighted by Gasteiger charge is -2.21. The quantitative estimate of drug-likeness (QED) is 0.726. The fourth-order valence-electron chi connectivity index (χ4n) is 2.87. The first-order valence-corrected chi connectivity index (χ1v) is 8.32. The predicted octanol–water partition coefficient (Wildman–Crippen LogP) is 3.20. The van der Waals surface area contributed by atoms with Crippen molar-refractivity contribution in [3.05, 3.63) is 30.2 Å². The van der Waals surface area contributed by atoms with Crippen LogP contribution in [0.4, 0.5) is 8.78 Å². The molecule has 8 heteroatoms. The van der Waals surface area contributed by atoms with E-state index in [1.54, 1.807) is 18.2 Å². The van der Waals surface area contributed by atoms with Crippen LogP contribution in [0, 0.1) is 5.92 Å². The molecule has 6 nitrogen and oxygen atoms in total. The van der Waals surface area contributed by atoms with Gasteiger partial charge in [0.2, 0.25) is 11.7 Å². The molecule has 3 rings (SSSR count). The summed E-state index contributed by atoms with van der Waals surface area (Å²) >= 11 is 0. The molecule has 0 bridgehead atoms. The highest BCUT2D eigenvalue weighted by Crippen LogP contribution is 2.29. The number of hydrogen-bond acceptors (Lipinski definition) is 6. The molecule has 1 fully saturated rings. The molecule has 0 N–H and O–H groups in total. The van der Waals surface area contributed by atoms with E-state index in [0.717, 1.165) is 32.7 Å². The Morgan fingerprint density at radius 2 is 2.20 bits per heavy atom. The molecule has 1 aromatic carbocycles. The maximum absolute atomic E-state index is 12.5. The first-order valence-electron chi connectivity index (χ1n) is 8.32. The fourth-order valence-corrected chi connectivity index (χ4v) is 2.87.